The van der Waals surface area contributed by atoms with Crippen LogP contribution in [-0.4, -0.2) is 12.5 Å². The zero-order valence-corrected chi connectivity index (χ0v) is 14.5. The number of carbonyl (C=O) groups excluding carboxylic acids is 1. The van der Waals surface area contributed by atoms with E-state index in [1.165, 1.54) is 6.07 Å². The monoisotopic (exact) mass is 342 g/mol. The molecule has 0 spiro atoms. The third kappa shape index (κ3) is 4.27. The quantitative estimate of drug-likeness (QED) is 0.848. The maximum atomic E-state index is 12.2. The smallest absolute Gasteiger partial charge is 0.262 e. The molecule has 0 saturated carbocycles. The van der Waals surface area contributed by atoms with Crippen molar-refractivity contribution in [3.8, 4) is 11.8 Å². The summed E-state index contributed by atoms with van der Waals surface area (Å²) in [6, 6.07) is 12.7. The Labute approximate surface area is 147 Å². The van der Waals surface area contributed by atoms with Gasteiger partial charge in [0.1, 0.15) is 5.75 Å². The van der Waals surface area contributed by atoms with E-state index in [1.54, 1.807) is 12.1 Å². The number of ether oxygens (including phenoxy) is 1. The van der Waals surface area contributed by atoms with Gasteiger partial charge >= 0.3 is 0 Å². The number of nitrogens with zero attached hydrogens (tertiary/aromatic N) is 1. The Bertz CT molecular complexity index is 759. The number of hydrogen-bond acceptors (Lipinski definition) is 3. The van der Waals surface area contributed by atoms with E-state index in [2.05, 4.69) is 19.2 Å². The van der Waals surface area contributed by atoms with Crippen molar-refractivity contribution in [2.45, 2.75) is 26.7 Å². The lowest BCUT2D eigenvalue weighted by Gasteiger charge is -2.15. The average molecular weight is 343 g/mol. The molecule has 0 aliphatic rings. The van der Waals surface area contributed by atoms with E-state index < -0.39 is 0 Å². The van der Waals surface area contributed by atoms with Gasteiger partial charge in [0.05, 0.1) is 16.7 Å². The Kier molecular flexibility index (Phi) is 6.22. The number of rotatable bonds is 6. The molecule has 0 bridgehead atoms. The minimum absolute atomic E-state index is 0.146. The van der Waals surface area contributed by atoms with Gasteiger partial charge in [-0.1, -0.05) is 43.6 Å². The van der Waals surface area contributed by atoms with E-state index in [-0.39, 0.29) is 12.5 Å². The Morgan fingerprint density at radius 3 is 2.42 bits per heavy atom. The molecule has 0 aliphatic heterocycles. The lowest BCUT2D eigenvalue weighted by atomic mass is 10.0. The molecule has 0 atom stereocenters. The lowest BCUT2D eigenvalue weighted by Crippen LogP contribution is -2.21. The minimum Gasteiger partial charge on any atom is -0.482 e. The van der Waals surface area contributed by atoms with Gasteiger partial charge in [-0.2, -0.15) is 5.26 Å². The number of nitrogens with one attached hydrogen (secondary N) is 1. The molecule has 1 amide bonds. The predicted octanol–water partition coefficient (Wildman–Crippen LogP) is 4.35. The molecule has 4 nitrogen and oxygen atoms in total. The Morgan fingerprint density at radius 1 is 1.21 bits per heavy atom. The molecule has 124 valence electrons. The number of hydrogen-bond donors (Lipinski definition) is 1. The normalized spacial score (nSPS) is 10.1. The van der Waals surface area contributed by atoms with Gasteiger partial charge in [0.2, 0.25) is 0 Å². The van der Waals surface area contributed by atoms with Crippen LogP contribution < -0.4 is 10.1 Å². The second kappa shape index (κ2) is 8.37. The molecule has 2 aromatic carbocycles. The molecule has 0 heterocycles. The largest absolute Gasteiger partial charge is 0.482 e. The van der Waals surface area contributed by atoms with Crippen LogP contribution in [0, 0.1) is 11.3 Å². The van der Waals surface area contributed by atoms with Crippen LogP contribution in [0.5, 0.6) is 5.75 Å². The van der Waals surface area contributed by atoms with Crippen molar-refractivity contribution >= 4 is 23.2 Å². The van der Waals surface area contributed by atoms with Crippen molar-refractivity contribution in [2.75, 3.05) is 11.9 Å². The van der Waals surface area contributed by atoms with E-state index in [0.717, 1.165) is 29.7 Å². The Hall–Kier alpha value is -2.51. The number of nitriles is 1. The molecule has 0 radical (unpaired) electrons. The van der Waals surface area contributed by atoms with Gasteiger partial charge in [0.25, 0.3) is 5.91 Å². The lowest BCUT2D eigenvalue weighted by molar-refractivity contribution is -0.118. The number of aryl methyl sites for hydroxylation is 2. The number of benzene rings is 2. The van der Waals surface area contributed by atoms with Crippen LogP contribution in [0.25, 0.3) is 0 Å². The summed E-state index contributed by atoms with van der Waals surface area (Å²) in [5.74, 6) is 0.135. The summed E-state index contributed by atoms with van der Waals surface area (Å²) in [4.78, 5) is 12.2. The SMILES string of the molecule is CCc1cccc(CC)c1NC(=O)COc1ccc(C#N)cc1Cl. The summed E-state index contributed by atoms with van der Waals surface area (Å²) in [6.45, 7) is 3.96. The highest BCUT2D eigenvalue weighted by molar-refractivity contribution is 6.32. The van der Waals surface area contributed by atoms with Crippen molar-refractivity contribution in [1.29, 1.82) is 5.26 Å². The summed E-state index contributed by atoms with van der Waals surface area (Å²) in [5.41, 5.74) is 3.50. The molecule has 0 unspecified atom stereocenters. The van der Waals surface area contributed by atoms with Gasteiger partial charge in [0, 0.05) is 5.69 Å². The number of para-hydroxylation sites is 1. The van der Waals surface area contributed by atoms with Gasteiger partial charge in [-0.05, 0) is 42.2 Å². The predicted molar refractivity (Wildman–Crippen MR) is 95.5 cm³/mol. The van der Waals surface area contributed by atoms with Crippen LogP contribution in [-0.2, 0) is 17.6 Å². The van der Waals surface area contributed by atoms with Crippen LogP contribution >= 0.6 is 11.6 Å². The standard InChI is InChI=1S/C19H19ClN2O2/c1-3-14-6-5-7-15(4-2)19(14)22-18(23)12-24-17-9-8-13(11-21)10-16(17)20/h5-10H,3-4,12H2,1-2H3,(H,22,23). The molecular weight excluding hydrogens is 324 g/mol. The van der Waals surface area contributed by atoms with Crippen LogP contribution in [0.15, 0.2) is 36.4 Å². The molecule has 2 rings (SSSR count). The Balaban J connectivity index is 2.06. The van der Waals surface area contributed by atoms with E-state index in [0.29, 0.717) is 16.3 Å². The fraction of sp³-hybridized carbons (Fsp3) is 0.263. The Morgan fingerprint density at radius 2 is 1.88 bits per heavy atom. The van der Waals surface area contributed by atoms with Crippen LogP contribution in [0.4, 0.5) is 5.69 Å². The maximum absolute atomic E-state index is 12.2. The van der Waals surface area contributed by atoms with Gasteiger partial charge in [-0.15, -0.1) is 0 Å². The minimum atomic E-state index is -0.244. The topological polar surface area (TPSA) is 62.1 Å². The van der Waals surface area contributed by atoms with Crippen LogP contribution in [0.1, 0.15) is 30.5 Å². The highest BCUT2D eigenvalue weighted by atomic mass is 35.5. The molecule has 0 aromatic heterocycles. The summed E-state index contributed by atoms with van der Waals surface area (Å²) in [6.07, 6.45) is 1.68. The first kappa shape index (κ1) is 17.8. The highest BCUT2D eigenvalue weighted by Gasteiger charge is 2.11. The van der Waals surface area contributed by atoms with Gasteiger partial charge < -0.3 is 10.1 Å². The van der Waals surface area contributed by atoms with Crippen LogP contribution in [0.2, 0.25) is 5.02 Å². The summed E-state index contributed by atoms with van der Waals surface area (Å²) >= 11 is 6.04. The fourth-order valence-electron chi connectivity index (χ4n) is 2.41. The van der Waals surface area contributed by atoms with Gasteiger partial charge in [-0.25, -0.2) is 0 Å². The molecule has 24 heavy (non-hydrogen) atoms. The molecule has 2 aromatic rings. The van der Waals surface area contributed by atoms with E-state index in [4.69, 9.17) is 21.6 Å². The summed E-state index contributed by atoms with van der Waals surface area (Å²) < 4.78 is 5.46. The molecule has 0 saturated heterocycles. The second-order valence-electron chi connectivity index (χ2n) is 5.25. The van der Waals surface area contributed by atoms with Crippen molar-refractivity contribution in [2.24, 2.45) is 0 Å². The fourth-order valence-corrected chi connectivity index (χ4v) is 2.64. The summed E-state index contributed by atoms with van der Waals surface area (Å²) in [7, 11) is 0. The van der Waals surface area contributed by atoms with Gasteiger partial charge in [-0.3, -0.25) is 4.79 Å². The molecule has 1 N–H and O–H groups in total. The first-order chi connectivity index (χ1) is 11.6. The van der Waals surface area contributed by atoms with Gasteiger partial charge in [0.15, 0.2) is 6.61 Å². The molecule has 0 aliphatic carbocycles. The van der Waals surface area contributed by atoms with E-state index in [9.17, 15) is 4.79 Å². The van der Waals surface area contributed by atoms with E-state index >= 15 is 0 Å². The van der Waals surface area contributed by atoms with Crippen molar-refractivity contribution in [3.63, 3.8) is 0 Å². The zero-order valence-electron chi connectivity index (χ0n) is 13.7. The number of halogens is 1. The number of anilines is 1. The first-order valence-electron chi connectivity index (χ1n) is 7.82. The third-order valence-electron chi connectivity index (χ3n) is 3.68. The van der Waals surface area contributed by atoms with Crippen molar-refractivity contribution in [1.82, 2.24) is 0 Å². The first-order valence-corrected chi connectivity index (χ1v) is 8.19. The third-order valence-corrected chi connectivity index (χ3v) is 3.98. The zero-order chi connectivity index (χ0) is 17.5. The average Bonchev–Trinajstić information content (AvgIpc) is 2.60. The number of amides is 1. The van der Waals surface area contributed by atoms with Crippen molar-refractivity contribution < 1.29 is 9.53 Å². The van der Waals surface area contributed by atoms with Crippen LogP contribution in [0.3, 0.4) is 0 Å². The van der Waals surface area contributed by atoms with E-state index in [1.807, 2.05) is 24.3 Å². The summed E-state index contributed by atoms with van der Waals surface area (Å²) in [5, 5.41) is 12.1. The van der Waals surface area contributed by atoms with Crippen molar-refractivity contribution in [3.05, 3.63) is 58.1 Å². The highest BCUT2D eigenvalue weighted by Crippen LogP contribution is 2.26. The molecule has 0 fully saturated rings. The number of carbonyl (C=O) groups is 1. The maximum Gasteiger partial charge on any atom is 0.262 e. The molecular formula is C19H19ClN2O2. The molecule has 5 heteroatoms. The second-order valence-corrected chi connectivity index (χ2v) is 5.66.